The molecule has 9 nitrogen and oxygen atoms in total. The lowest BCUT2D eigenvalue weighted by Gasteiger charge is -2.31. The summed E-state index contributed by atoms with van der Waals surface area (Å²) in [7, 11) is 3.06. The molecule has 0 aromatic carbocycles. The lowest BCUT2D eigenvalue weighted by molar-refractivity contribution is -0.122. The van der Waals surface area contributed by atoms with Gasteiger partial charge in [0.25, 0.3) is 5.56 Å². The molecule has 0 saturated carbocycles. The van der Waals surface area contributed by atoms with Gasteiger partial charge in [0.2, 0.25) is 5.91 Å². The van der Waals surface area contributed by atoms with Gasteiger partial charge in [0.15, 0.2) is 11.2 Å². The summed E-state index contributed by atoms with van der Waals surface area (Å²) in [5.41, 5.74) is 1.33. The zero-order valence-electron chi connectivity index (χ0n) is 18.3. The number of nitrogens with zero attached hydrogens (tertiary/aromatic N) is 5. The Morgan fingerprint density at radius 3 is 2.57 bits per heavy atom. The number of aryl methyl sites for hydroxylation is 2. The molecule has 30 heavy (non-hydrogen) atoms. The molecule has 1 amide bonds. The van der Waals surface area contributed by atoms with E-state index < -0.39 is 5.69 Å². The second-order valence-corrected chi connectivity index (χ2v) is 8.34. The summed E-state index contributed by atoms with van der Waals surface area (Å²) in [6.45, 7) is 7.69. The molecule has 1 fully saturated rings. The maximum Gasteiger partial charge on any atom is 0.332 e. The quantitative estimate of drug-likeness (QED) is 0.673. The number of hydrogen-bond donors (Lipinski definition) is 1. The summed E-state index contributed by atoms with van der Waals surface area (Å²) >= 11 is 0. The largest absolute Gasteiger partial charge is 0.353 e. The number of fused-ring (bicyclic) bond motifs is 1. The van der Waals surface area contributed by atoms with Crippen molar-refractivity contribution in [2.24, 2.45) is 14.1 Å². The molecule has 3 rings (SSSR count). The van der Waals surface area contributed by atoms with Crippen LogP contribution in [-0.4, -0.2) is 55.2 Å². The molecule has 3 heterocycles. The number of nitrogens with one attached hydrogen (secondary N) is 1. The van der Waals surface area contributed by atoms with E-state index >= 15 is 0 Å². The second kappa shape index (κ2) is 9.42. The summed E-state index contributed by atoms with van der Waals surface area (Å²) in [4.78, 5) is 43.4. The molecule has 164 valence electrons. The number of aromatic nitrogens is 4. The molecular formula is C21H32N6O3. The number of amides is 1. The summed E-state index contributed by atoms with van der Waals surface area (Å²) in [5.74, 6) is 0.0440. The average molecular weight is 417 g/mol. The average Bonchev–Trinajstić information content (AvgIpc) is 3.14. The minimum atomic E-state index is -0.399. The number of rotatable bonds is 7. The molecule has 1 aliphatic heterocycles. The van der Waals surface area contributed by atoms with Crippen LogP contribution in [0.3, 0.4) is 0 Å². The molecule has 1 N–H and O–H groups in total. The van der Waals surface area contributed by atoms with Crippen molar-refractivity contribution in [3.63, 3.8) is 0 Å². The first kappa shape index (κ1) is 22.0. The Morgan fingerprint density at radius 1 is 1.20 bits per heavy atom. The van der Waals surface area contributed by atoms with Gasteiger partial charge in [0.05, 0.1) is 6.33 Å². The lowest BCUT2D eigenvalue weighted by Crippen LogP contribution is -2.44. The molecule has 0 aliphatic carbocycles. The molecular weight excluding hydrogens is 384 g/mol. The second-order valence-electron chi connectivity index (χ2n) is 8.34. The topological polar surface area (TPSA) is 94.2 Å². The summed E-state index contributed by atoms with van der Waals surface area (Å²) < 4.78 is 4.17. The van der Waals surface area contributed by atoms with E-state index in [1.807, 2.05) is 0 Å². The lowest BCUT2D eigenvalue weighted by atomic mass is 10.0. The smallest absolute Gasteiger partial charge is 0.332 e. The highest BCUT2D eigenvalue weighted by molar-refractivity contribution is 5.76. The van der Waals surface area contributed by atoms with E-state index in [9.17, 15) is 14.4 Å². The Kier molecular flexibility index (Phi) is 6.91. The van der Waals surface area contributed by atoms with E-state index in [1.54, 1.807) is 17.9 Å². The van der Waals surface area contributed by atoms with Crippen LogP contribution in [0.1, 0.15) is 39.5 Å². The van der Waals surface area contributed by atoms with Gasteiger partial charge < -0.3 is 9.88 Å². The molecule has 1 saturated heterocycles. The Balaban J connectivity index is 1.50. The van der Waals surface area contributed by atoms with Crippen molar-refractivity contribution in [1.29, 1.82) is 0 Å². The highest BCUT2D eigenvalue weighted by Crippen LogP contribution is 2.12. The standard InChI is InChI=1S/C21H32N6O3/c1-15(2)7-11-26-12-8-16(9-13-26)23-17(28)6-5-10-27-14-22-19-18(27)20(29)25(4)21(30)24(19)3/h7,14,16H,5-6,8-13H2,1-4H3,(H,23,28). The van der Waals surface area contributed by atoms with E-state index in [2.05, 4.69) is 35.1 Å². The van der Waals surface area contributed by atoms with Crippen LogP contribution < -0.4 is 16.6 Å². The first-order valence-corrected chi connectivity index (χ1v) is 10.5. The predicted molar refractivity (Wildman–Crippen MR) is 116 cm³/mol. The third kappa shape index (κ3) is 4.89. The molecule has 0 radical (unpaired) electrons. The predicted octanol–water partition coefficient (Wildman–Crippen LogP) is 0.761. The first-order chi connectivity index (χ1) is 14.3. The molecule has 0 atom stereocenters. The van der Waals surface area contributed by atoms with Crippen LogP contribution in [0.25, 0.3) is 11.2 Å². The van der Waals surface area contributed by atoms with Crippen molar-refractivity contribution < 1.29 is 4.79 Å². The number of hydrogen-bond acceptors (Lipinski definition) is 5. The first-order valence-electron chi connectivity index (χ1n) is 10.5. The Morgan fingerprint density at radius 2 is 1.90 bits per heavy atom. The Bertz CT molecular complexity index is 1050. The van der Waals surface area contributed by atoms with E-state index in [0.717, 1.165) is 37.0 Å². The van der Waals surface area contributed by atoms with Crippen molar-refractivity contribution in [1.82, 2.24) is 28.9 Å². The van der Waals surface area contributed by atoms with Crippen molar-refractivity contribution in [3.05, 3.63) is 38.8 Å². The van der Waals surface area contributed by atoms with Crippen LogP contribution in [-0.2, 0) is 25.4 Å². The van der Waals surface area contributed by atoms with Gasteiger partial charge >= 0.3 is 5.69 Å². The molecule has 0 bridgehead atoms. The van der Waals surface area contributed by atoms with Crippen LogP contribution >= 0.6 is 0 Å². The van der Waals surface area contributed by atoms with E-state index in [1.165, 1.54) is 17.2 Å². The SMILES string of the molecule is CC(C)=CCN1CCC(NC(=O)CCCn2cnc3c2c(=O)n(C)c(=O)n3C)CC1. The molecule has 0 spiro atoms. The minimum absolute atomic E-state index is 0.0440. The molecule has 2 aromatic heterocycles. The van der Waals surface area contributed by atoms with Gasteiger partial charge in [-0.1, -0.05) is 11.6 Å². The molecule has 9 heteroatoms. The third-order valence-electron chi connectivity index (χ3n) is 5.73. The number of imidazole rings is 1. The fourth-order valence-electron chi connectivity index (χ4n) is 3.85. The van der Waals surface area contributed by atoms with Gasteiger partial charge in [-0.2, -0.15) is 0 Å². The van der Waals surface area contributed by atoms with Crippen LogP contribution in [0.5, 0.6) is 0 Å². The third-order valence-corrected chi connectivity index (χ3v) is 5.73. The van der Waals surface area contributed by atoms with E-state index in [-0.39, 0.29) is 17.5 Å². The molecule has 2 aromatic rings. The van der Waals surface area contributed by atoms with E-state index in [4.69, 9.17) is 0 Å². The Labute approximate surface area is 176 Å². The van der Waals surface area contributed by atoms with Crippen LogP contribution in [0.2, 0.25) is 0 Å². The summed E-state index contributed by atoms with van der Waals surface area (Å²) in [6, 6.07) is 0.233. The number of carbonyl (C=O) groups excluding carboxylic acids is 1. The highest BCUT2D eigenvalue weighted by atomic mass is 16.2. The Hall–Kier alpha value is -2.68. The van der Waals surface area contributed by atoms with Crippen LogP contribution in [0.4, 0.5) is 0 Å². The van der Waals surface area contributed by atoms with Crippen molar-refractivity contribution in [2.45, 2.75) is 52.1 Å². The highest BCUT2D eigenvalue weighted by Gasteiger charge is 2.20. The van der Waals surface area contributed by atoms with Gasteiger partial charge in [-0.25, -0.2) is 9.78 Å². The van der Waals surface area contributed by atoms with Gasteiger partial charge in [-0.3, -0.25) is 23.6 Å². The zero-order valence-corrected chi connectivity index (χ0v) is 18.3. The fourth-order valence-corrected chi connectivity index (χ4v) is 3.85. The fraction of sp³-hybridized carbons (Fsp3) is 0.619. The maximum atomic E-state index is 12.5. The monoisotopic (exact) mass is 416 g/mol. The number of likely N-dealkylation sites (tertiary alicyclic amines) is 1. The number of allylic oxidation sites excluding steroid dienone is 1. The van der Waals surface area contributed by atoms with Crippen molar-refractivity contribution >= 4 is 17.1 Å². The van der Waals surface area contributed by atoms with Gasteiger partial charge in [-0.05, 0) is 33.1 Å². The van der Waals surface area contributed by atoms with Crippen LogP contribution in [0.15, 0.2) is 27.6 Å². The van der Waals surface area contributed by atoms with Gasteiger partial charge in [0.1, 0.15) is 0 Å². The summed E-state index contributed by atoms with van der Waals surface area (Å²) in [6.07, 6.45) is 6.74. The van der Waals surface area contributed by atoms with Crippen molar-refractivity contribution in [2.75, 3.05) is 19.6 Å². The molecule has 1 aliphatic rings. The number of piperidine rings is 1. The van der Waals surface area contributed by atoms with Crippen molar-refractivity contribution in [3.8, 4) is 0 Å². The zero-order chi connectivity index (χ0) is 21.8. The summed E-state index contributed by atoms with van der Waals surface area (Å²) in [5, 5.41) is 3.14. The minimum Gasteiger partial charge on any atom is -0.353 e. The normalized spacial score (nSPS) is 15.5. The maximum absolute atomic E-state index is 12.5. The van der Waals surface area contributed by atoms with Gasteiger partial charge in [-0.15, -0.1) is 0 Å². The van der Waals surface area contributed by atoms with Crippen LogP contribution in [0, 0.1) is 0 Å². The molecule has 0 unspecified atom stereocenters. The number of carbonyl (C=O) groups is 1. The van der Waals surface area contributed by atoms with Gasteiger partial charge in [0, 0.05) is 52.7 Å². The van der Waals surface area contributed by atoms with E-state index in [0.29, 0.717) is 30.6 Å².